The second kappa shape index (κ2) is 6.05. The first kappa shape index (κ1) is 13.9. The summed E-state index contributed by atoms with van der Waals surface area (Å²) in [6, 6.07) is 7.57. The van der Waals surface area contributed by atoms with Crippen LogP contribution in [-0.2, 0) is 0 Å². The van der Waals surface area contributed by atoms with Crippen LogP contribution in [0.1, 0.15) is 43.4 Å². The molecule has 0 aliphatic carbocycles. The van der Waals surface area contributed by atoms with Crippen LogP contribution in [0.4, 0.5) is 5.69 Å². The van der Waals surface area contributed by atoms with Crippen molar-refractivity contribution in [3.63, 3.8) is 0 Å². The summed E-state index contributed by atoms with van der Waals surface area (Å²) in [6.07, 6.45) is 2.56. The number of aliphatic hydroxyl groups excluding tert-OH is 2. The molecule has 4 nitrogen and oxygen atoms in total. The van der Waals surface area contributed by atoms with Crippen molar-refractivity contribution < 1.29 is 10.2 Å². The minimum atomic E-state index is -0.580. The van der Waals surface area contributed by atoms with Gasteiger partial charge >= 0.3 is 0 Å². The highest BCUT2D eigenvalue weighted by Gasteiger charge is 2.25. The first-order valence-electron chi connectivity index (χ1n) is 6.77. The molecule has 2 rings (SSSR count). The lowest BCUT2D eigenvalue weighted by molar-refractivity contribution is 0.198. The Morgan fingerprint density at radius 1 is 1.47 bits per heavy atom. The Bertz CT molecular complexity index is 480. The van der Waals surface area contributed by atoms with Gasteiger partial charge < -0.3 is 15.1 Å². The maximum absolute atomic E-state index is 9.89. The molecule has 0 spiro atoms. The topological polar surface area (TPSA) is 67.5 Å². The Labute approximate surface area is 113 Å². The molecule has 102 valence electrons. The van der Waals surface area contributed by atoms with E-state index in [2.05, 4.69) is 11.0 Å². The van der Waals surface area contributed by atoms with E-state index in [4.69, 9.17) is 5.26 Å². The zero-order chi connectivity index (χ0) is 13.8. The van der Waals surface area contributed by atoms with Crippen molar-refractivity contribution in [3.05, 3.63) is 29.3 Å². The highest BCUT2D eigenvalue weighted by atomic mass is 16.3. The van der Waals surface area contributed by atoms with Gasteiger partial charge in [0.05, 0.1) is 30.4 Å². The number of piperidine rings is 1. The average molecular weight is 260 g/mol. The van der Waals surface area contributed by atoms with Gasteiger partial charge in [0.25, 0.3) is 0 Å². The summed E-state index contributed by atoms with van der Waals surface area (Å²) in [6.45, 7) is 2.69. The van der Waals surface area contributed by atoms with Crippen LogP contribution in [0, 0.1) is 11.3 Å². The Morgan fingerprint density at radius 2 is 2.26 bits per heavy atom. The number of aliphatic hydroxyl groups is 2. The van der Waals surface area contributed by atoms with Crippen LogP contribution in [0.15, 0.2) is 18.2 Å². The minimum absolute atomic E-state index is 0.0835. The predicted molar refractivity (Wildman–Crippen MR) is 73.9 cm³/mol. The van der Waals surface area contributed by atoms with Crippen molar-refractivity contribution in [3.8, 4) is 6.07 Å². The summed E-state index contributed by atoms with van der Waals surface area (Å²) in [5.41, 5.74) is 2.29. The highest BCUT2D eigenvalue weighted by molar-refractivity contribution is 5.59. The van der Waals surface area contributed by atoms with Gasteiger partial charge in [-0.05, 0) is 38.3 Å². The highest BCUT2D eigenvalue weighted by Crippen LogP contribution is 2.32. The molecule has 0 radical (unpaired) electrons. The number of hydrogen-bond acceptors (Lipinski definition) is 4. The van der Waals surface area contributed by atoms with Gasteiger partial charge in [0.2, 0.25) is 0 Å². The fraction of sp³-hybridized carbons (Fsp3) is 0.533. The molecule has 1 aromatic carbocycles. The SMILES string of the molecule is C[C@@H](O)c1ccc(C#N)cc1N1CCCCC1CO. The number of hydrogen-bond donors (Lipinski definition) is 2. The summed E-state index contributed by atoms with van der Waals surface area (Å²) in [4.78, 5) is 2.13. The number of nitriles is 1. The van der Waals surface area contributed by atoms with Gasteiger partial charge in [-0.15, -0.1) is 0 Å². The Kier molecular flexibility index (Phi) is 4.41. The molecular weight excluding hydrogens is 240 g/mol. The van der Waals surface area contributed by atoms with Crippen LogP contribution in [0.5, 0.6) is 0 Å². The van der Waals surface area contributed by atoms with E-state index < -0.39 is 6.10 Å². The third-order valence-corrected chi connectivity index (χ3v) is 3.76. The van der Waals surface area contributed by atoms with Crippen molar-refractivity contribution in [2.24, 2.45) is 0 Å². The van der Waals surface area contributed by atoms with E-state index in [9.17, 15) is 10.2 Å². The van der Waals surface area contributed by atoms with E-state index in [0.717, 1.165) is 37.1 Å². The van der Waals surface area contributed by atoms with Crippen molar-refractivity contribution in [1.29, 1.82) is 5.26 Å². The molecule has 0 saturated carbocycles. The van der Waals surface area contributed by atoms with Crippen molar-refractivity contribution in [1.82, 2.24) is 0 Å². The van der Waals surface area contributed by atoms with Crippen LogP contribution in [0.25, 0.3) is 0 Å². The van der Waals surface area contributed by atoms with Gasteiger partial charge in [0.1, 0.15) is 0 Å². The molecule has 1 saturated heterocycles. The maximum Gasteiger partial charge on any atom is 0.0992 e. The van der Waals surface area contributed by atoms with Crippen molar-refractivity contribution in [2.75, 3.05) is 18.1 Å². The van der Waals surface area contributed by atoms with E-state index in [-0.39, 0.29) is 12.6 Å². The molecule has 0 aromatic heterocycles. The molecule has 2 atom stereocenters. The molecule has 0 amide bonds. The van der Waals surface area contributed by atoms with Gasteiger partial charge in [-0.3, -0.25) is 0 Å². The van der Waals surface area contributed by atoms with Crippen molar-refractivity contribution >= 4 is 5.69 Å². The summed E-state index contributed by atoms with van der Waals surface area (Å²) in [5, 5.41) is 28.4. The lowest BCUT2D eigenvalue weighted by Gasteiger charge is -2.38. The summed E-state index contributed by atoms with van der Waals surface area (Å²) < 4.78 is 0. The fourth-order valence-corrected chi connectivity index (χ4v) is 2.72. The molecule has 1 aliphatic heterocycles. The predicted octanol–water partition coefficient (Wildman–Crippen LogP) is 1.96. The molecule has 4 heteroatoms. The van der Waals surface area contributed by atoms with Crippen LogP contribution >= 0.6 is 0 Å². The molecular formula is C15H20N2O2. The van der Waals surface area contributed by atoms with Gasteiger partial charge in [0.15, 0.2) is 0 Å². The zero-order valence-corrected chi connectivity index (χ0v) is 11.2. The van der Waals surface area contributed by atoms with Crippen LogP contribution in [0.2, 0.25) is 0 Å². The minimum Gasteiger partial charge on any atom is -0.394 e. The standard InChI is InChI=1S/C15H20N2O2/c1-11(19)14-6-5-12(9-16)8-15(14)17-7-3-2-4-13(17)10-18/h5-6,8,11,13,18-19H,2-4,7,10H2,1H3/t11-,13?/m1/s1. The van der Waals surface area contributed by atoms with Gasteiger partial charge in [0, 0.05) is 17.8 Å². The Hall–Kier alpha value is -1.57. The van der Waals surface area contributed by atoms with Gasteiger partial charge in [-0.25, -0.2) is 0 Å². The van der Waals surface area contributed by atoms with Gasteiger partial charge in [-0.2, -0.15) is 5.26 Å². The third-order valence-electron chi connectivity index (χ3n) is 3.76. The lowest BCUT2D eigenvalue weighted by Crippen LogP contribution is -2.42. The molecule has 1 aromatic rings. The third kappa shape index (κ3) is 2.89. The molecule has 1 unspecified atom stereocenters. The normalized spacial score (nSPS) is 20.9. The average Bonchev–Trinajstić information content (AvgIpc) is 2.46. The zero-order valence-electron chi connectivity index (χ0n) is 11.2. The second-order valence-electron chi connectivity index (χ2n) is 5.09. The smallest absolute Gasteiger partial charge is 0.0992 e. The number of nitrogens with zero attached hydrogens (tertiary/aromatic N) is 2. The van der Waals surface area contributed by atoms with E-state index in [1.54, 1.807) is 13.0 Å². The summed E-state index contributed by atoms with van der Waals surface area (Å²) >= 11 is 0. The van der Waals surface area contributed by atoms with E-state index in [0.29, 0.717) is 5.56 Å². The van der Waals surface area contributed by atoms with E-state index in [1.807, 2.05) is 12.1 Å². The Morgan fingerprint density at radius 3 is 2.89 bits per heavy atom. The Balaban J connectivity index is 2.43. The molecule has 1 heterocycles. The van der Waals surface area contributed by atoms with Gasteiger partial charge in [-0.1, -0.05) is 6.07 Å². The first-order valence-corrected chi connectivity index (χ1v) is 6.77. The van der Waals surface area contributed by atoms with E-state index in [1.165, 1.54) is 0 Å². The molecule has 19 heavy (non-hydrogen) atoms. The van der Waals surface area contributed by atoms with E-state index >= 15 is 0 Å². The monoisotopic (exact) mass is 260 g/mol. The summed E-state index contributed by atoms with van der Waals surface area (Å²) in [5.74, 6) is 0. The fourth-order valence-electron chi connectivity index (χ4n) is 2.72. The summed E-state index contributed by atoms with van der Waals surface area (Å²) in [7, 11) is 0. The van der Waals surface area contributed by atoms with Crippen molar-refractivity contribution in [2.45, 2.75) is 38.3 Å². The molecule has 1 fully saturated rings. The van der Waals surface area contributed by atoms with Crippen LogP contribution in [0.3, 0.4) is 0 Å². The first-order chi connectivity index (χ1) is 9.17. The largest absolute Gasteiger partial charge is 0.394 e. The lowest BCUT2D eigenvalue weighted by atomic mass is 9.98. The number of benzene rings is 1. The maximum atomic E-state index is 9.89. The molecule has 0 bridgehead atoms. The quantitative estimate of drug-likeness (QED) is 0.872. The van der Waals surface area contributed by atoms with Crippen LogP contribution < -0.4 is 4.90 Å². The molecule has 2 N–H and O–H groups in total. The van der Waals surface area contributed by atoms with Crippen LogP contribution in [-0.4, -0.2) is 29.4 Å². The number of anilines is 1. The molecule has 1 aliphatic rings. The number of rotatable bonds is 3. The second-order valence-corrected chi connectivity index (χ2v) is 5.09.